The highest BCUT2D eigenvalue weighted by atomic mass is 19.3. The van der Waals surface area contributed by atoms with Crippen molar-refractivity contribution >= 4 is 5.69 Å². The number of halogens is 2. The second-order valence-electron chi connectivity index (χ2n) is 3.09. The maximum atomic E-state index is 11.9. The summed E-state index contributed by atoms with van der Waals surface area (Å²) < 4.78 is 28.7. The monoisotopic (exact) mass is 216 g/mol. The van der Waals surface area contributed by atoms with Gasteiger partial charge in [-0.05, 0) is 23.8 Å². The van der Waals surface area contributed by atoms with Crippen LogP contribution in [0.5, 0.6) is 5.75 Å². The predicted molar refractivity (Wildman–Crippen MR) is 55.1 cm³/mol. The van der Waals surface area contributed by atoms with Crippen molar-refractivity contribution in [2.45, 2.75) is 13.0 Å². The van der Waals surface area contributed by atoms with Gasteiger partial charge in [-0.25, -0.2) is 8.78 Å². The third kappa shape index (κ3) is 3.71. The Balaban J connectivity index is 2.59. The molecule has 0 aliphatic carbocycles. The Kier molecular flexibility index (Phi) is 4.30. The fourth-order valence-electron chi connectivity index (χ4n) is 1.18. The standard InChI is InChI=1S/C10H14F2N2O/c1-15-8-2-3-9(13)7(4-8)5-14-6-10(11)12/h2-4,10,14H,5-6,13H2,1H3. The highest BCUT2D eigenvalue weighted by Gasteiger charge is 2.04. The smallest absolute Gasteiger partial charge is 0.250 e. The summed E-state index contributed by atoms with van der Waals surface area (Å²) >= 11 is 0. The third-order valence-electron chi connectivity index (χ3n) is 1.96. The summed E-state index contributed by atoms with van der Waals surface area (Å²) in [6.45, 7) is -0.0238. The molecular formula is C10H14F2N2O. The van der Waals surface area contributed by atoms with Crippen LogP contribution in [0.2, 0.25) is 0 Å². The molecule has 15 heavy (non-hydrogen) atoms. The zero-order chi connectivity index (χ0) is 11.3. The van der Waals surface area contributed by atoms with Gasteiger partial charge in [0.05, 0.1) is 13.7 Å². The van der Waals surface area contributed by atoms with Crippen molar-refractivity contribution < 1.29 is 13.5 Å². The first-order valence-electron chi connectivity index (χ1n) is 4.54. The molecule has 3 N–H and O–H groups in total. The molecule has 0 radical (unpaired) electrons. The number of ether oxygens (including phenoxy) is 1. The van der Waals surface area contributed by atoms with Gasteiger partial charge in [-0.1, -0.05) is 0 Å². The van der Waals surface area contributed by atoms with Crippen LogP contribution in [0.15, 0.2) is 18.2 Å². The van der Waals surface area contributed by atoms with E-state index < -0.39 is 6.43 Å². The van der Waals surface area contributed by atoms with Gasteiger partial charge < -0.3 is 15.8 Å². The fourth-order valence-corrected chi connectivity index (χ4v) is 1.18. The van der Waals surface area contributed by atoms with E-state index in [-0.39, 0.29) is 6.54 Å². The fraction of sp³-hybridized carbons (Fsp3) is 0.400. The maximum Gasteiger partial charge on any atom is 0.250 e. The molecular weight excluding hydrogens is 202 g/mol. The Morgan fingerprint density at radius 2 is 2.20 bits per heavy atom. The highest BCUT2D eigenvalue weighted by molar-refractivity contribution is 5.50. The molecule has 0 saturated heterocycles. The summed E-state index contributed by atoms with van der Waals surface area (Å²) in [6.07, 6.45) is -2.35. The van der Waals surface area contributed by atoms with E-state index in [1.54, 1.807) is 25.3 Å². The molecule has 3 nitrogen and oxygen atoms in total. The molecule has 0 aromatic heterocycles. The van der Waals surface area contributed by atoms with Crippen molar-refractivity contribution in [2.24, 2.45) is 0 Å². The van der Waals surface area contributed by atoms with Gasteiger partial charge in [-0.2, -0.15) is 0 Å². The first kappa shape index (κ1) is 11.7. The summed E-state index contributed by atoms with van der Waals surface area (Å²) in [7, 11) is 1.54. The first-order valence-corrected chi connectivity index (χ1v) is 4.54. The topological polar surface area (TPSA) is 47.3 Å². The molecule has 1 aromatic rings. The van der Waals surface area contributed by atoms with E-state index in [9.17, 15) is 8.78 Å². The summed E-state index contributed by atoms with van der Waals surface area (Å²) in [4.78, 5) is 0. The Labute approximate surface area is 87.2 Å². The van der Waals surface area contributed by atoms with Gasteiger partial charge in [0.25, 0.3) is 6.43 Å². The minimum atomic E-state index is -2.35. The molecule has 0 amide bonds. The van der Waals surface area contributed by atoms with Crippen molar-refractivity contribution in [3.63, 3.8) is 0 Å². The first-order chi connectivity index (χ1) is 7.13. The summed E-state index contributed by atoms with van der Waals surface area (Å²) in [6, 6.07) is 5.15. The Morgan fingerprint density at radius 1 is 1.47 bits per heavy atom. The van der Waals surface area contributed by atoms with Crippen LogP contribution in [0.1, 0.15) is 5.56 Å². The molecule has 0 aliphatic heterocycles. The minimum Gasteiger partial charge on any atom is -0.497 e. The molecule has 1 aromatic carbocycles. The van der Waals surface area contributed by atoms with E-state index in [1.807, 2.05) is 0 Å². The lowest BCUT2D eigenvalue weighted by Crippen LogP contribution is -2.21. The van der Waals surface area contributed by atoms with Crippen molar-refractivity contribution in [2.75, 3.05) is 19.4 Å². The van der Waals surface area contributed by atoms with Gasteiger partial charge in [-0.15, -0.1) is 0 Å². The number of hydrogen-bond acceptors (Lipinski definition) is 3. The average molecular weight is 216 g/mol. The van der Waals surface area contributed by atoms with Gasteiger partial charge in [-0.3, -0.25) is 0 Å². The number of benzene rings is 1. The normalized spacial score (nSPS) is 10.7. The summed E-state index contributed by atoms with van der Waals surface area (Å²) in [5, 5.41) is 2.61. The molecule has 5 heteroatoms. The van der Waals surface area contributed by atoms with E-state index in [1.165, 1.54) is 0 Å². The van der Waals surface area contributed by atoms with E-state index in [0.717, 1.165) is 5.56 Å². The average Bonchev–Trinajstić information content (AvgIpc) is 2.20. The maximum absolute atomic E-state index is 11.9. The number of nitrogens with two attached hydrogens (primary N) is 1. The molecule has 0 atom stereocenters. The van der Waals surface area contributed by atoms with Crippen LogP contribution < -0.4 is 15.8 Å². The van der Waals surface area contributed by atoms with Crippen LogP contribution in [-0.4, -0.2) is 20.1 Å². The second-order valence-corrected chi connectivity index (χ2v) is 3.09. The van der Waals surface area contributed by atoms with Crippen LogP contribution in [0.25, 0.3) is 0 Å². The molecule has 0 spiro atoms. The van der Waals surface area contributed by atoms with E-state index in [4.69, 9.17) is 10.5 Å². The number of anilines is 1. The van der Waals surface area contributed by atoms with Gasteiger partial charge >= 0.3 is 0 Å². The number of hydrogen-bond donors (Lipinski definition) is 2. The van der Waals surface area contributed by atoms with Crippen molar-refractivity contribution in [1.82, 2.24) is 5.32 Å². The van der Waals surface area contributed by atoms with E-state index >= 15 is 0 Å². The minimum absolute atomic E-state index is 0.313. The number of nitrogens with one attached hydrogen (secondary N) is 1. The van der Waals surface area contributed by atoms with Crippen LogP contribution >= 0.6 is 0 Å². The van der Waals surface area contributed by atoms with Gasteiger partial charge in [0.2, 0.25) is 0 Å². The SMILES string of the molecule is COc1ccc(N)c(CNCC(F)F)c1. The van der Waals surface area contributed by atoms with Crippen molar-refractivity contribution in [1.29, 1.82) is 0 Å². The van der Waals surface area contributed by atoms with Crippen LogP contribution in [-0.2, 0) is 6.54 Å². The Morgan fingerprint density at radius 3 is 2.80 bits per heavy atom. The molecule has 0 aliphatic rings. The molecule has 0 unspecified atom stereocenters. The molecule has 1 rings (SSSR count). The molecule has 0 saturated carbocycles. The lowest BCUT2D eigenvalue weighted by atomic mass is 10.1. The summed E-state index contributed by atoms with van der Waals surface area (Å²) in [5.74, 6) is 0.665. The largest absolute Gasteiger partial charge is 0.497 e. The lowest BCUT2D eigenvalue weighted by molar-refractivity contribution is 0.145. The van der Waals surface area contributed by atoms with E-state index in [0.29, 0.717) is 18.0 Å². The third-order valence-corrected chi connectivity index (χ3v) is 1.96. The van der Waals surface area contributed by atoms with Crippen molar-refractivity contribution in [3.05, 3.63) is 23.8 Å². The zero-order valence-electron chi connectivity index (χ0n) is 8.47. The van der Waals surface area contributed by atoms with Crippen LogP contribution in [0.3, 0.4) is 0 Å². The number of methoxy groups -OCH3 is 1. The molecule has 84 valence electrons. The van der Waals surface area contributed by atoms with Crippen LogP contribution in [0, 0.1) is 0 Å². The van der Waals surface area contributed by atoms with Gasteiger partial charge in [0.1, 0.15) is 5.75 Å². The molecule has 0 heterocycles. The predicted octanol–water partition coefficient (Wildman–Crippen LogP) is 1.63. The van der Waals surface area contributed by atoms with Crippen LogP contribution in [0.4, 0.5) is 14.5 Å². The Hall–Kier alpha value is -1.36. The number of nitrogen functional groups attached to an aromatic ring is 1. The number of alkyl halides is 2. The Bertz CT molecular complexity index is 318. The lowest BCUT2D eigenvalue weighted by Gasteiger charge is -2.09. The quantitative estimate of drug-likeness (QED) is 0.735. The van der Waals surface area contributed by atoms with Gasteiger partial charge in [0.15, 0.2) is 0 Å². The number of rotatable bonds is 5. The highest BCUT2D eigenvalue weighted by Crippen LogP contribution is 2.19. The molecule has 0 fully saturated rings. The van der Waals surface area contributed by atoms with Gasteiger partial charge in [0, 0.05) is 12.2 Å². The molecule has 0 bridgehead atoms. The van der Waals surface area contributed by atoms with E-state index in [2.05, 4.69) is 5.32 Å². The zero-order valence-corrected chi connectivity index (χ0v) is 8.47. The van der Waals surface area contributed by atoms with Crippen molar-refractivity contribution in [3.8, 4) is 5.75 Å². The summed E-state index contributed by atoms with van der Waals surface area (Å²) in [5.41, 5.74) is 7.00. The second kappa shape index (κ2) is 5.50.